The van der Waals surface area contributed by atoms with Gasteiger partial charge in [-0.05, 0) is 38.2 Å². The third kappa shape index (κ3) is 2.33. The van der Waals surface area contributed by atoms with Gasteiger partial charge >= 0.3 is 0 Å². The molecule has 1 aromatic rings. The number of benzene rings is 1. The Morgan fingerprint density at radius 3 is 2.65 bits per heavy atom. The molecule has 0 saturated carbocycles. The number of piperidine rings is 1. The van der Waals surface area contributed by atoms with Crippen molar-refractivity contribution in [3.8, 4) is 0 Å². The van der Waals surface area contributed by atoms with Gasteiger partial charge in [-0.2, -0.15) is 0 Å². The Morgan fingerprint density at radius 1 is 1.20 bits per heavy atom. The Kier molecular flexibility index (Phi) is 3.98. The fraction of sp³-hybridized carbons (Fsp3) is 0.579. The van der Waals surface area contributed by atoms with Crippen LogP contribution in [0.4, 0.5) is 0 Å². The van der Waals surface area contributed by atoms with Gasteiger partial charge < -0.3 is 0 Å². The van der Waals surface area contributed by atoms with Gasteiger partial charge in [0.05, 0.1) is 0 Å². The fourth-order valence-electron chi connectivity index (χ4n) is 4.52. The van der Waals surface area contributed by atoms with Gasteiger partial charge in [0.1, 0.15) is 0 Å². The van der Waals surface area contributed by atoms with E-state index in [-0.39, 0.29) is 0 Å². The molecule has 0 spiro atoms. The summed E-state index contributed by atoms with van der Waals surface area (Å²) in [6.07, 6.45) is 6.47. The summed E-state index contributed by atoms with van der Waals surface area (Å²) in [6.45, 7) is 9.19. The normalized spacial score (nSPS) is 34.2. The lowest BCUT2D eigenvalue weighted by molar-refractivity contribution is 0.0926. The maximum Gasteiger partial charge on any atom is 0.0208 e. The molecule has 0 aromatic heterocycles. The average Bonchev–Trinajstić information content (AvgIpc) is 2.82. The SMILES string of the molecule is C=C1C[C@@H](CCC)N2[C@H](CC[C@@H]2C)[C@H]1c1ccccc1. The molecule has 1 heteroatoms. The highest BCUT2D eigenvalue weighted by atomic mass is 15.2. The second kappa shape index (κ2) is 5.73. The lowest BCUT2D eigenvalue weighted by Gasteiger charge is -2.46. The molecular formula is C19H27N. The van der Waals surface area contributed by atoms with Crippen molar-refractivity contribution < 1.29 is 0 Å². The van der Waals surface area contributed by atoms with Gasteiger partial charge in [0.15, 0.2) is 0 Å². The van der Waals surface area contributed by atoms with Gasteiger partial charge in [0.2, 0.25) is 0 Å². The summed E-state index contributed by atoms with van der Waals surface area (Å²) in [5, 5.41) is 0. The second-order valence-electron chi connectivity index (χ2n) is 6.63. The van der Waals surface area contributed by atoms with E-state index in [1.807, 2.05) is 0 Å². The quantitative estimate of drug-likeness (QED) is 0.716. The standard InChI is InChI=1S/C19H27N/c1-4-8-17-13-14(2)19(16-9-6-5-7-10-16)18-12-11-15(3)20(17)18/h5-7,9-10,15,17-19H,2,4,8,11-13H2,1,3H3/t15-,17+,18+,19+/m0/s1. The van der Waals surface area contributed by atoms with Gasteiger partial charge in [-0.25, -0.2) is 0 Å². The van der Waals surface area contributed by atoms with Crippen molar-refractivity contribution in [2.24, 2.45) is 0 Å². The highest BCUT2D eigenvalue weighted by Crippen LogP contribution is 2.46. The molecule has 0 amide bonds. The van der Waals surface area contributed by atoms with E-state index in [0.29, 0.717) is 12.0 Å². The van der Waals surface area contributed by atoms with E-state index in [1.165, 1.54) is 43.2 Å². The first-order chi connectivity index (χ1) is 9.72. The Morgan fingerprint density at radius 2 is 1.95 bits per heavy atom. The predicted molar refractivity (Wildman–Crippen MR) is 86.0 cm³/mol. The van der Waals surface area contributed by atoms with E-state index in [0.717, 1.165) is 12.1 Å². The van der Waals surface area contributed by atoms with Crippen molar-refractivity contribution in [1.29, 1.82) is 0 Å². The highest BCUT2D eigenvalue weighted by Gasteiger charge is 2.44. The number of hydrogen-bond donors (Lipinski definition) is 0. The molecular weight excluding hydrogens is 242 g/mol. The predicted octanol–water partition coefficient (Wildman–Crippen LogP) is 4.75. The minimum absolute atomic E-state index is 0.550. The Hall–Kier alpha value is -1.08. The van der Waals surface area contributed by atoms with Crippen molar-refractivity contribution in [2.45, 2.75) is 70.0 Å². The lowest BCUT2D eigenvalue weighted by atomic mass is 9.77. The summed E-state index contributed by atoms with van der Waals surface area (Å²) in [7, 11) is 0. The van der Waals surface area contributed by atoms with Crippen LogP contribution in [0.25, 0.3) is 0 Å². The molecule has 2 heterocycles. The average molecular weight is 269 g/mol. The zero-order chi connectivity index (χ0) is 14.1. The Bertz CT molecular complexity index is 464. The number of fused-ring (bicyclic) bond motifs is 1. The maximum absolute atomic E-state index is 4.46. The van der Waals surface area contributed by atoms with Crippen LogP contribution in [0.5, 0.6) is 0 Å². The molecule has 0 aliphatic carbocycles. The monoisotopic (exact) mass is 269 g/mol. The van der Waals surface area contributed by atoms with E-state index >= 15 is 0 Å². The van der Waals surface area contributed by atoms with E-state index < -0.39 is 0 Å². The smallest absolute Gasteiger partial charge is 0.0208 e. The van der Waals surface area contributed by atoms with E-state index in [4.69, 9.17) is 0 Å². The summed E-state index contributed by atoms with van der Waals surface area (Å²) in [5.41, 5.74) is 2.93. The van der Waals surface area contributed by atoms with Crippen LogP contribution < -0.4 is 0 Å². The first-order valence-electron chi connectivity index (χ1n) is 8.22. The molecule has 2 fully saturated rings. The minimum Gasteiger partial charge on any atom is -0.294 e. The molecule has 1 nitrogen and oxygen atoms in total. The van der Waals surface area contributed by atoms with Crippen LogP contribution in [0, 0.1) is 0 Å². The first kappa shape index (κ1) is 13.9. The van der Waals surface area contributed by atoms with Crippen LogP contribution in [-0.2, 0) is 0 Å². The Balaban J connectivity index is 1.91. The molecule has 0 unspecified atom stereocenters. The van der Waals surface area contributed by atoms with Gasteiger partial charge in [0, 0.05) is 24.0 Å². The zero-order valence-electron chi connectivity index (χ0n) is 12.9. The molecule has 2 aliphatic heterocycles. The number of hydrogen-bond acceptors (Lipinski definition) is 1. The summed E-state index contributed by atoms with van der Waals surface area (Å²) in [6, 6.07) is 13.2. The molecule has 0 bridgehead atoms. The molecule has 0 radical (unpaired) electrons. The van der Waals surface area contributed by atoms with Crippen LogP contribution in [0.2, 0.25) is 0 Å². The van der Waals surface area contributed by atoms with Gasteiger partial charge in [0.25, 0.3) is 0 Å². The molecule has 20 heavy (non-hydrogen) atoms. The topological polar surface area (TPSA) is 3.24 Å². The van der Waals surface area contributed by atoms with Crippen LogP contribution in [-0.4, -0.2) is 23.0 Å². The second-order valence-corrected chi connectivity index (χ2v) is 6.63. The molecule has 0 N–H and O–H groups in total. The maximum atomic E-state index is 4.46. The molecule has 4 atom stereocenters. The van der Waals surface area contributed by atoms with Crippen LogP contribution in [0.3, 0.4) is 0 Å². The van der Waals surface area contributed by atoms with Gasteiger partial charge in [-0.1, -0.05) is 55.8 Å². The van der Waals surface area contributed by atoms with Crippen LogP contribution in [0.15, 0.2) is 42.5 Å². The molecule has 108 valence electrons. The van der Waals surface area contributed by atoms with Crippen molar-refractivity contribution in [1.82, 2.24) is 4.90 Å². The van der Waals surface area contributed by atoms with Crippen molar-refractivity contribution in [3.05, 3.63) is 48.0 Å². The lowest BCUT2D eigenvalue weighted by Crippen LogP contribution is -2.50. The highest BCUT2D eigenvalue weighted by molar-refractivity contribution is 5.33. The van der Waals surface area contributed by atoms with Gasteiger partial charge in [-0.15, -0.1) is 0 Å². The van der Waals surface area contributed by atoms with E-state index in [1.54, 1.807) is 0 Å². The first-order valence-corrected chi connectivity index (χ1v) is 8.22. The third-order valence-corrected chi connectivity index (χ3v) is 5.30. The largest absolute Gasteiger partial charge is 0.294 e. The van der Waals surface area contributed by atoms with E-state index in [2.05, 4.69) is 55.7 Å². The van der Waals surface area contributed by atoms with Gasteiger partial charge in [-0.3, -0.25) is 4.90 Å². The summed E-state index contributed by atoms with van der Waals surface area (Å²) in [4.78, 5) is 2.83. The zero-order valence-corrected chi connectivity index (χ0v) is 12.9. The van der Waals surface area contributed by atoms with Crippen molar-refractivity contribution >= 4 is 0 Å². The van der Waals surface area contributed by atoms with E-state index in [9.17, 15) is 0 Å². The van der Waals surface area contributed by atoms with Crippen LogP contribution in [0.1, 0.15) is 57.4 Å². The Labute approximate surface area is 123 Å². The summed E-state index contributed by atoms with van der Waals surface area (Å²) >= 11 is 0. The number of rotatable bonds is 3. The molecule has 2 aliphatic rings. The molecule has 3 rings (SSSR count). The minimum atomic E-state index is 0.550. The van der Waals surface area contributed by atoms with Crippen molar-refractivity contribution in [3.63, 3.8) is 0 Å². The summed E-state index contributed by atoms with van der Waals surface area (Å²) in [5.74, 6) is 0.550. The molecule has 1 aromatic carbocycles. The summed E-state index contributed by atoms with van der Waals surface area (Å²) < 4.78 is 0. The van der Waals surface area contributed by atoms with Crippen LogP contribution >= 0.6 is 0 Å². The molecule has 2 saturated heterocycles. The van der Waals surface area contributed by atoms with Crippen molar-refractivity contribution in [2.75, 3.05) is 0 Å². The number of nitrogens with zero attached hydrogens (tertiary/aromatic N) is 1. The fourth-order valence-corrected chi connectivity index (χ4v) is 4.52. The third-order valence-electron chi connectivity index (χ3n) is 5.30.